The lowest BCUT2D eigenvalue weighted by Crippen LogP contribution is -2.30. The van der Waals surface area contributed by atoms with E-state index < -0.39 is 12.1 Å². The highest BCUT2D eigenvalue weighted by Gasteiger charge is 2.19. The Hall–Kier alpha value is -4.19. The first-order valence-electron chi connectivity index (χ1n) is 23.1. The maximum atomic E-state index is 12.7. The topological polar surface area (TPSA) is 78.9 Å². The van der Waals surface area contributed by atoms with Crippen LogP contribution in [0.5, 0.6) is 0 Å². The zero-order valence-corrected chi connectivity index (χ0v) is 37.5. The van der Waals surface area contributed by atoms with Crippen LogP contribution in [0.2, 0.25) is 0 Å². The van der Waals surface area contributed by atoms with Crippen molar-refractivity contribution in [2.24, 2.45) is 0 Å². The number of esters is 3. The van der Waals surface area contributed by atoms with Gasteiger partial charge in [-0.15, -0.1) is 0 Å². The molecule has 0 aromatic carbocycles. The van der Waals surface area contributed by atoms with Crippen LogP contribution in [0.1, 0.15) is 175 Å². The van der Waals surface area contributed by atoms with Crippen molar-refractivity contribution >= 4 is 17.9 Å². The predicted molar refractivity (Wildman–Crippen MR) is 251 cm³/mol. The van der Waals surface area contributed by atoms with E-state index in [9.17, 15) is 14.4 Å². The van der Waals surface area contributed by atoms with Gasteiger partial charge in [-0.25, -0.2) is 0 Å². The van der Waals surface area contributed by atoms with E-state index in [1.807, 2.05) is 66.8 Å². The van der Waals surface area contributed by atoms with Crippen LogP contribution in [0.15, 0.2) is 122 Å². The van der Waals surface area contributed by atoms with Gasteiger partial charge >= 0.3 is 17.9 Å². The minimum absolute atomic E-state index is 0.133. The summed E-state index contributed by atoms with van der Waals surface area (Å²) in [5.74, 6) is -1.09. The lowest BCUT2D eigenvalue weighted by molar-refractivity contribution is -0.166. The first-order chi connectivity index (χ1) is 29.0. The van der Waals surface area contributed by atoms with Gasteiger partial charge < -0.3 is 14.2 Å². The van der Waals surface area contributed by atoms with Crippen molar-refractivity contribution in [3.8, 4) is 0 Å². The molecule has 6 nitrogen and oxygen atoms in total. The Labute approximate surface area is 361 Å². The monoisotopic (exact) mass is 815 g/mol. The van der Waals surface area contributed by atoms with Crippen molar-refractivity contribution in [3.63, 3.8) is 0 Å². The Morgan fingerprint density at radius 3 is 1.31 bits per heavy atom. The number of carbonyl (C=O) groups is 3. The molecule has 0 aromatic heterocycles. The third-order valence-electron chi connectivity index (χ3n) is 9.12. The molecule has 0 radical (unpaired) electrons. The minimum Gasteiger partial charge on any atom is -0.462 e. The summed E-state index contributed by atoms with van der Waals surface area (Å²) in [5, 5.41) is 0. The van der Waals surface area contributed by atoms with E-state index in [1.165, 1.54) is 51.4 Å². The SMILES string of the molecule is CC\C=C/C=C\C=C/C=C\C=C\C=C/CCCCCC(=O)OCC(COC(=O)CCCCC/C=C\C=C/CCCC)OC(=O)CC/C=C\C/C=C\CCCCCCCC. The maximum Gasteiger partial charge on any atom is 0.306 e. The highest BCUT2D eigenvalue weighted by Crippen LogP contribution is 2.10. The Morgan fingerprint density at radius 1 is 0.373 bits per heavy atom. The second kappa shape index (κ2) is 46.5. The van der Waals surface area contributed by atoms with E-state index in [4.69, 9.17) is 14.2 Å². The fourth-order valence-corrected chi connectivity index (χ4v) is 5.62. The molecule has 0 bridgehead atoms. The molecule has 1 atom stereocenters. The summed E-state index contributed by atoms with van der Waals surface area (Å²) in [4.78, 5) is 37.7. The van der Waals surface area contributed by atoms with Gasteiger partial charge in [0.05, 0.1) is 0 Å². The molecule has 1 unspecified atom stereocenters. The van der Waals surface area contributed by atoms with Gasteiger partial charge in [-0.2, -0.15) is 0 Å². The van der Waals surface area contributed by atoms with Crippen molar-refractivity contribution in [2.75, 3.05) is 13.2 Å². The predicted octanol–water partition coefficient (Wildman–Crippen LogP) is 15.0. The molecule has 0 rings (SSSR count). The molecule has 0 aliphatic carbocycles. The van der Waals surface area contributed by atoms with Gasteiger partial charge in [0.15, 0.2) is 6.10 Å². The number of hydrogen-bond donors (Lipinski definition) is 0. The van der Waals surface area contributed by atoms with Crippen LogP contribution in [-0.2, 0) is 28.6 Å². The zero-order valence-electron chi connectivity index (χ0n) is 37.5. The number of allylic oxidation sites excluding steroid dienone is 20. The van der Waals surface area contributed by atoms with E-state index in [0.717, 1.165) is 70.6 Å². The Morgan fingerprint density at radius 2 is 0.780 bits per heavy atom. The molecule has 330 valence electrons. The molecule has 0 spiro atoms. The molecule has 6 heteroatoms. The number of ether oxygens (including phenoxy) is 3. The lowest BCUT2D eigenvalue weighted by Gasteiger charge is -2.18. The van der Waals surface area contributed by atoms with Crippen LogP contribution < -0.4 is 0 Å². The second-order valence-electron chi connectivity index (χ2n) is 14.8. The average Bonchev–Trinajstić information content (AvgIpc) is 3.23. The van der Waals surface area contributed by atoms with Crippen molar-refractivity contribution in [1.29, 1.82) is 0 Å². The van der Waals surface area contributed by atoms with Gasteiger partial charge in [-0.3, -0.25) is 14.4 Å². The summed E-state index contributed by atoms with van der Waals surface area (Å²) in [6.45, 7) is 6.28. The average molecular weight is 815 g/mol. The number of rotatable bonds is 39. The third-order valence-corrected chi connectivity index (χ3v) is 9.12. The van der Waals surface area contributed by atoms with Crippen molar-refractivity contribution in [2.45, 2.75) is 181 Å². The minimum atomic E-state index is -0.839. The van der Waals surface area contributed by atoms with Gasteiger partial charge in [0.1, 0.15) is 13.2 Å². The van der Waals surface area contributed by atoms with E-state index in [2.05, 4.69) is 75.5 Å². The normalized spacial score (nSPS) is 13.2. The maximum absolute atomic E-state index is 12.7. The molecular weight excluding hydrogens is 733 g/mol. The Balaban J connectivity index is 4.61. The Bertz CT molecular complexity index is 1300. The van der Waals surface area contributed by atoms with Crippen molar-refractivity contribution in [3.05, 3.63) is 122 Å². The number of carbonyl (C=O) groups excluding carboxylic acids is 3. The van der Waals surface area contributed by atoms with Gasteiger partial charge in [0.2, 0.25) is 0 Å². The molecular formula is C53H82O6. The molecule has 0 amide bonds. The first-order valence-corrected chi connectivity index (χ1v) is 23.1. The molecule has 0 heterocycles. The first kappa shape index (κ1) is 54.8. The van der Waals surface area contributed by atoms with Crippen molar-refractivity contribution < 1.29 is 28.6 Å². The van der Waals surface area contributed by atoms with Gasteiger partial charge in [-0.1, -0.05) is 200 Å². The van der Waals surface area contributed by atoms with E-state index in [-0.39, 0.29) is 38.0 Å². The molecule has 0 aliphatic rings. The Kier molecular flexibility index (Phi) is 43.2. The van der Waals surface area contributed by atoms with E-state index in [0.29, 0.717) is 19.3 Å². The van der Waals surface area contributed by atoms with Crippen LogP contribution in [0.25, 0.3) is 0 Å². The highest BCUT2D eigenvalue weighted by molar-refractivity contribution is 5.71. The summed E-state index contributed by atoms with van der Waals surface area (Å²) in [6, 6.07) is 0. The van der Waals surface area contributed by atoms with Crippen LogP contribution in [0, 0.1) is 0 Å². The van der Waals surface area contributed by atoms with Crippen molar-refractivity contribution in [1.82, 2.24) is 0 Å². The van der Waals surface area contributed by atoms with Crippen LogP contribution in [-0.4, -0.2) is 37.2 Å². The summed E-state index contributed by atoms with van der Waals surface area (Å²) in [5.41, 5.74) is 0. The summed E-state index contributed by atoms with van der Waals surface area (Å²) in [7, 11) is 0. The standard InChI is InChI=1S/C53H82O6/c1-4-7-10-13-16-19-22-24-25-26-27-29-31-34-37-40-43-46-52(55)58-49-50(48-57-51(54)45-42-39-36-33-30-21-18-15-12-9-6-3)59-53(56)47-44-41-38-35-32-28-23-20-17-14-11-8-5-2/h7,10,13,15-16,18-19,21-22,24-32,38,41,50H,4-6,8-9,11-12,14,17,20,23,33-37,39-40,42-49H2,1-3H3/b10-7-,16-13-,18-15-,22-19-,25-24-,27-26+,30-21-,31-29-,32-28-,41-38-. The summed E-state index contributed by atoms with van der Waals surface area (Å²) < 4.78 is 16.6. The quantitative estimate of drug-likeness (QED) is 0.0202. The smallest absolute Gasteiger partial charge is 0.306 e. The molecule has 0 fully saturated rings. The van der Waals surface area contributed by atoms with Crippen LogP contribution >= 0.6 is 0 Å². The molecule has 0 N–H and O–H groups in total. The molecule has 0 saturated heterocycles. The van der Waals surface area contributed by atoms with Gasteiger partial charge in [0, 0.05) is 19.3 Å². The summed E-state index contributed by atoms with van der Waals surface area (Å²) >= 11 is 0. The molecule has 0 aromatic rings. The fraction of sp³-hybridized carbons (Fsp3) is 0.566. The number of unbranched alkanes of at least 4 members (excludes halogenated alkanes) is 14. The van der Waals surface area contributed by atoms with Crippen LogP contribution in [0.3, 0.4) is 0 Å². The fourth-order valence-electron chi connectivity index (χ4n) is 5.62. The molecule has 59 heavy (non-hydrogen) atoms. The number of hydrogen-bond acceptors (Lipinski definition) is 6. The molecule has 0 aliphatic heterocycles. The van der Waals surface area contributed by atoms with Gasteiger partial charge in [0.25, 0.3) is 0 Å². The largest absolute Gasteiger partial charge is 0.462 e. The zero-order chi connectivity index (χ0) is 43.0. The third kappa shape index (κ3) is 44.8. The second-order valence-corrected chi connectivity index (χ2v) is 14.8. The highest BCUT2D eigenvalue weighted by atomic mass is 16.6. The molecule has 0 saturated carbocycles. The lowest BCUT2D eigenvalue weighted by atomic mass is 10.1. The van der Waals surface area contributed by atoms with E-state index in [1.54, 1.807) is 0 Å². The van der Waals surface area contributed by atoms with Gasteiger partial charge in [-0.05, 0) is 77.0 Å². The van der Waals surface area contributed by atoms with E-state index >= 15 is 0 Å². The summed E-state index contributed by atoms with van der Waals surface area (Å²) in [6.07, 6.45) is 63.3. The van der Waals surface area contributed by atoms with Crippen LogP contribution in [0.4, 0.5) is 0 Å².